The van der Waals surface area contributed by atoms with Gasteiger partial charge in [-0.3, -0.25) is 0 Å². The van der Waals surface area contributed by atoms with Gasteiger partial charge in [-0.2, -0.15) is 27.8 Å². The van der Waals surface area contributed by atoms with Gasteiger partial charge in [0.15, 0.2) is 0 Å². The molecule has 0 bridgehead atoms. The number of hydrogen-bond donors (Lipinski definition) is 0. The third-order valence-electron chi connectivity index (χ3n) is 2.81. The Hall–Kier alpha value is -0.156. The molecule has 1 rings (SSSR count). The van der Waals surface area contributed by atoms with E-state index in [-0.39, 0.29) is 16.5 Å². The van der Waals surface area contributed by atoms with Crippen LogP contribution in [-0.4, -0.2) is 0 Å². The van der Waals surface area contributed by atoms with Crippen LogP contribution in [0, 0.1) is 34.6 Å². The summed E-state index contributed by atoms with van der Waals surface area (Å²) in [5.41, 5.74) is 7.34. The van der Waals surface area contributed by atoms with Crippen LogP contribution >= 0.6 is 0 Å². The Morgan fingerprint density at radius 2 is 1.09 bits per heavy atom. The fourth-order valence-electron chi connectivity index (χ4n) is 1.41. The van der Waals surface area contributed by atoms with E-state index in [9.17, 15) is 0 Å². The van der Waals surface area contributed by atoms with Gasteiger partial charge in [0.05, 0.1) is 0 Å². The molecule has 0 aliphatic heterocycles. The molecule has 0 aliphatic carbocycles. The standard InChI is InChI=1S/C10H15.Ni/c1-6-7(2)9(4)10(5)8(6)3;/h1-5H3;/q-1;. The molecule has 0 nitrogen and oxygen atoms in total. The van der Waals surface area contributed by atoms with Crippen molar-refractivity contribution in [1.29, 1.82) is 0 Å². The summed E-state index contributed by atoms with van der Waals surface area (Å²) in [4.78, 5) is 0. The Balaban J connectivity index is 0.000001000. The second-order valence-corrected chi connectivity index (χ2v) is 3.12. The van der Waals surface area contributed by atoms with Crippen LogP contribution in [0.3, 0.4) is 0 Å². The van der Waals surface area contributed by atoms with Crippen LogP contribution in [-0.2, 0) is 16.5 Å². The molecule has 0 atom stereocenters. The third-order valence-corrected chi connectivity index (χ3v) is 2.81. The van der Waals surface area contributed by atoms with Gasteiger partial charge in [-0.05, 0) is 0 Å². The van der Waals surface area contributed by atoms with Gasteiger partial charge in [0.1, 0.15) is 0 Å². The van der Waals surface area contributed by atoms with Gasteiger partial charge in [0.25, 0.3) is 0 Å². The van der Waals surface area contributed by atoms with Gasteiger partial charge >= 0.3 is 0 Å². The summed E-state index contributed by atoms with van der Waals surface area (Å²) in [6.45, 7) is 11.0. The van der Waals surface area contributed by atoms with E-state index >= 15 is 0 Å². The van der Waals surface area contributed by atoms with E-state index < -0.39 is 0 Å². The first kappa shape index (κ1) is 10.8. The number of hydrogen-bond acceptors (Lipinski definition) is 0. The summed E-state index contributed by atoms with van der Waals surface area (Å²) in [6.07, 6.45) is 0. The fraction of sp³-hybridized carbons (Fsp3) is 0.500. The van der Waals surface area contributed by atoms with Crippen LogP contribution in [0.25, 0.3) is 0 Å². The third kappa shape index (κ3) is 1.54. The van der Waals surface area contributed by atoms with Crippen LogP contribution in [0.1, 0.15) is 27.8 Å². The zero-order valence-corrected chi connectivity index (χ0v) is 8.80. The Kier molecular flexibility index (Phi) is 3.44. The Bertz CT molecular complexity index is 176. The second-order valence-electron chi connectivity index (χ2n) is 3.12. The minimum absolute atomic E-state index is 0. The van der Waals surface area contributed by atoms with Crippen molar-refractivity contribution < 1.29 is 16.5 Å². The van der Waals surface area contributed by atoms with E-state index in [1.165, 1.54) is 27.8 Å². The molecule has 0 heterocycles. The van der Waals surface area contributed by atoms with Gasteiger partial charge in [-0.25, -0.2) is 0 Å². The van der Waals surface area contributed by atoms with Crippen molar-refractivity contribution in [3.05, 3.63) is 27.8 Å². The molecule has 0 radical (unpaired) electrons. The number of rotatable bonds is 0. The minimum Gasteiger partial charge on any atom is -0.196 e. The van der Waals surface area contributed by atoms with Crippen LogP contribution in [0.5, 0.6) is 0 Å². The molecule has 0 N–H and O–H groups in total. The van der Waals surface area contributed by atoms with Gasteiger partial charge in [-0.1, -0.05) is 34.6 Å². The normalized spacial score (nSPS) is 9.55. The quantitative estimate of drug-likeness (QED) is 0.439. The Morgan fingerprint density at radius 1 is 0.818 bits per heavy atom. The summed E-state index contributed by atoms with van der Waals surface area (Å²) in [6, 6.07) is 0. The Labute approximate surface area is 79.3 Å². The van der Waals surface area contributed by atoms with E-state index in [0.29, 0.717) is 0 Å². The van der Waals surface area contributed by atoms with Gasteiger partial charge in [0, 0.05) is 16.5 Å². The molecule has 0 aromatic heterocycles. The SMILES string of the molecule is Cc1c(C)c(C)[c-](C)c1C.[Ni]. The maximum atomic E-state index is 2.20. The van der Waals surface area contributed by atoms with Gasteiger partial charge in [0.2, 0.25) is 0 Å². The fourth-order valence-corrected chi connectivity index (χ4v) is 1.41. The van der Waals surface area contributed by atoms with E-state index in [2.05, 4.69) is 34.6 Å². The average Bonchev–Trinajstić information content (AvgIpc) is 2.07. The average molecular weight is 194 g/mol. The molecule has 0 fully saturated rings. The topological polar surface area (TPSA) is 0 Å². The van der Waals surface area contributed by atoms with Gasteiger partial charge in [-0.15, -0.1) is 0 Å². The molecule has 1 aromatic carbocycles. The summed E-state index contributed by atoms with van der Waals surface area (Å²) < 4.78 is 0. The molecule has 11 heavy (non-hydrogen) atoms. The molecule has 0 aliphatic rings. The molecule has 0 amide bonds. The Morgan fingerprint density at radius 3 is 1.18 bits per heavy atom. The molecular formula is C10H15Ni-. The molecule has 1 aromatic rings. The first-order valence-electron chi connectivity index (χ1n) is 3.75. The van der Waals surface area contributed by atoms with Crippen molar-refractivity contribution in [2.45, 2.75) is 34.6 Å². The maximum Gasteiger partial charge on any atom is 0 e. The van der Waals surface area contributed by atoms with Gasteiger partial charge < -0.3 is 0 Å². The van der Waals surface area contributed by atoms with Crippen LogP contribution in [0.4, 0.5) is 0 Å². The predicted octanol–water partition coefficient (Wildman–Crippen LogP) is 2.95. The summed E-state index contributed by atoms with van der Waals surface area (Å²) in [5.74, 6) is 0. The molecule has 0 saturated carbocycles. The van der Waals surface area contributed by atoms with Crippen LogP contribution in [0.2, 0.25) is 0 Å². The van der Waals surface area contributed by atoms with Crippen molar-refractivity contribution in [3.63, 3.8) is 0 Å². The molecule has 1 heteroatoms. The molecular weight excluding hydrogens is 179 g/mol. The smallest absolute Gasteiger partial charge is 0 e. The molecule has 0 spiro atoms. The van der Waals surface area contributed by atoms with Crippen molar-refractivity contribution in [1.82, 2.24) is 0 Å². The zero-order valence-electron chi connectivity index (χ0n) is 7.82. The van der Waals surface area contributed by atoms with E-state index in [4.69, 9.17) is 0 Å². The maximum absolute atomic E-state index is 2.20. The van der Waals surface area contributed by atoms with Crippen molar-refractivity contribution >= 4 is 0 Å². The molecule has 0 unspecified atom stereocenters. The summed E-state index contributed by atoms with van der Waals surface area (Å²) in [7, 11) is 0. The van der Waals surface area contributed by atoms with Crippen molar-refractivity contribution in [2.24, 2.45) is 0 Å². The predicted molar refractivity (Wildman–Crippen MR) is 45.7 cm³/mol. The van der Waals surface area contributed by atoms with E-state index in [1.807, 2.05) is 0 Å². The van der Waals surface area contributed by atoms with Crippen molar-refractivity contribution in [2.75, 3.05) is 0 Å². The molecule has 0 saturated heterocycles. The zero-order chi connectivity index (χ0) is 7.89. The van der Waals surface area contributed by atoms with E-state index in [1.54, 1.807) is 0 Å². The van der Waals surface area contributed by atoms with Crippen molar-refractivity contribution in [3.8, 4) is 0 Å². The monoisotopic (exact) mass is 193 g/mol. The van der Waals surface area contributed by atoms with Crippen LogP contribution in [0.15, 0.2) is 0 Å². The first-order valence-corrected chi connectivity index (χ1v) is 3.75. The largest absolute Gasteiger partial charge is 0.196 e. The minimum atomic E-state index is 0. The summed E-state index contributed by atoms with van der Waals surface area (Å²) >= 11 is 0. The first-order chi connectivity index (χ1) is 4.55. The summed E-state index contributed by atoms with van der Waals surface area (Å²) in [5, 5.41) is 0. The van der Waals surface area contributed by atoms with Crippen LogP contribution < -0.4 is 0 Å². The van der Waals surface area contributed by atoms with E-state index in [0.717, 1.165) is 0 Å². The second kappa shape index (κ2) is 3.49. The molecule has 66 valence electrons.